The molecule has 1 heterocycles. The van der Waals surface area contributed by atoms with Crippen molar-refractivity contribution in [1.29, 1.82) is 0 Å². The molecule has 0 amide bonds. The number of halogens is 1. The second-order valence-corrected chi connectivity index (χ2v) is 1.30. The Labute approximate surface area is 55.7 Å². The summed E-state index contributed by atoms with van der Waals surface area (Å²) in [6.45, 7) is 0. The van der Waals surface area contributed by atoms with Gasteiger partial charge in [-0.05, 0) is 0 Å². The maximum atomic E-state index is 10.2. The Balaban J connectivity index is 0.000000371. The molecule has 0 aliphatic rings. The van der Waals surface area contributed by atoms with Crippen molar-refractivity contribution < 1.29 is 4.39 Å². The summed E-state index contributed by atoms with van der Waals surface area (Å²) in [4.78, 5) is 24.7. The Morgan fingerprint density at radius 3 is 2.30 bits per heavy atom. The number of hydrogen-bond donors (Lipinski definition) is 2. The molecule has 2 N–H and O–H groups in total. The summed E-state index contributed by atoms with van der Waals surface area (Å²) in [7, 11) is 0.500. The molecule has 0 radical (unpaired) electrons. The predicted molar refractivity (Wildman–Crippen MR) is 34.7 cm³/mol. The van der Waals surface area contributed by atoms with E-state index in [1.54, 1.807) is 0 Å². The highest BCUT2D eigenvalue weighted by atomic mass is 19.1. The van der Waals surface area contributed by atoms with Gasteiger partial charge in [-0.25, -0.2) is 4.79 Å². The van der Waals surface area contributed by atoms with E-state index in [2.05, 4.69) is 4.98 Å². The maximum absolute atomic E-state index is 10.2. The van der Waals surface area contributed by atoms with Gasteiger partial charge in [0.1, 0.15) is 0 Å². The largest absolute Gasteiger partial charge is 0.325 e. The highest BCUT2D eigenvalue weighted by Gasteiger charge is 1.77. The highest BCUT2D eigenvalue weighted by molar-refractivity contribution is 4.77. The zero-order chi connectivity index (χ0) is 7.98. The van der Waals surface area contributed by atoms with Crippen LogP contribution in [0.15, 0.2) is 21.9 Å². The van der Waals surface area contributed by atoms with E-state index in [1.807, 2.05) is 4.98 Å². The molecule has 1 rings (SSSR count). The van der Waals surface area contributed by atoms with Crippen LogP contribution < -0.4 is 11.2 Å². The van der Waals surface area contributed by atoms with Crippen molar-refractivity contribution in [3.05, 3.63) is 33.1 Å². The molecule has 0 atom stereocenters. The van der Waals surface area contributed by atoms with E-state index in [-0.39, 0.29) is 5.56 Å². The Morgan fingerprint density at radius 2 is 2.00 bits per heavy atom. The zero-order valence-corrected chi connectivity index (χ0v) is 5.35. The van der Waals surface area contributed by atoms with Crippen molar-refractivity contribution >= 4 is 0 Å². The van der Waals surface area contributed by atoms with E-state index in [9.17, 15) is 14.0 Å². The van der Waals surface area contributed by atoms with Gasteiger partial charge >= 0.3 is 5.69 Å². The average Bonchev–Trinajstić information content (AvgIpc) is 1.91. The van der Waals surface area contributed by atoms with E-state index in [1.165, 1.54) is 12.3 Å². The molecular formula is C5H7FN2O2. The molecule has 10 heavy (non-hydrogen) atoms. The van der Waals surface area contributed by atoms with Gasteiger partial charge in [-0.2, -0.15) is 0 Å². The van der Waals surface area contributed by atoms with Gasteiger partial charge in [-0.15, -0.1) is 0 Å². The molecule has 0 aliphatic heterocycles. The summed E-state index contributed by atoms with van der Waals surface area (Å²) >= 11 is 0. The molecule has 0 spiro atoms. The minimum atomic E-state index is -0.475. The molecule has 56 valence electrons. The Bertz CT molecular complexity index is 252. The van der Waals surface area contributed by atoms with E-state index in [0.717, 1.165) is 0 Å². The fourth-order valence-corrected chi connectivity index (χ4v) is 0.383. The molecule has 0 saturated carbocycles. The lowest BCUT2D eigenvalue weighted by Gasteiger charge is -1.75. The van der Waals surface area contributed by atoms with Crippen molar-refractivity contribution in [3.8, 4) is 0 Å². The number of hydrogen-bond acceptors (Lipinski definition) is 2. The van der Waals surface area contributed by atoms with E-state index < -0.39 is 5.69 Å². The first-order valence-electron chi connectivity index (χ1n) is 2.45. The lowest BCUT2D eigenvalue weighted by molar-refractivity contribution is 0.636. The van der Waals surface area contributed by atoms with Crippen molar-refractivity contribution in [2.75, 3.05) is 7.18 Å². The summed E-state index contributed by atoms with van der Waals surface area (Å²) in [5.41, 5.74) is -0.855. The Kier molecular flexibility index (Phi) is 3.86. The Hall–Kier alpha value is -1.39. The number of aromatic nitrogens is 2. The van der Waals surface area contributed by atoms with Crippen molar-refractivity contribution in [1.82, 2.24) is 9.97 Å². The minimum Gasteiger partial charge on any atom is -0.314 e. The second kappa shape index (κ2) is 4.49. The molecule has 0 saturated heterocycles. The monoisotopic (exact) mass is 146 g/mol. The van der Waals surface area contributed by atoms with Crippen LogP contribution in [0.3, 0.4) is 0 Å². The van der Waals surface area contributed by atoms with Crippen LogP contribution in [-0.4, -0.2) is 17.1 Å². The molecule has 4 nitrogen and oxygen atoms in total. The van der Waals surface area contributed by atoms with Gasteiger partial charge in [0.05, 0.1) is 7.18 Å². The number of aromatic amines is 2. The van der Waals surface area contributed by atoms with Gasteiger partial charge in [-0.1, -0.05) is 0 Å². The van der Waals surface area contributed by atoms with Crippen LogP contribution in [-0.2, 0) is 0 Å². The third kappa shape index (κ3) is 2.81. The number of H-pyrrole nitrogens is 2. The summed E-state index contributed by atoms with van der Waals surface area (Å²) in [6, 6.07) is 1.24. The van der Waals surface area contributed by atoms with Gasteiger partial charge in [0, 0.05) is 12.3 Å². The van der Waals surface area contributed by atoms with Crippen molar-refractivity contribution in [3.63, 3.8) is 0 Å². The first kappa shape index (κ1) is 8.61. The number of nitrogens with one attached hydrogen (secondary N) is 2. The molecule has 1 aromatic rings. The molecular weight excluding hydrogens is 139 g/mol. The van der Waals surface area contributed by atoms with Crippen LogP contribution in [0.5, 0.6) is 0 Å². The SMILES string of the molecule is CF.O=c1cc[nH]c(=O)[nH]1. The van der Waals surface area contributed by atoms with Crippen LogP contribution in [0, 0.1) is 0 Å². The van der Waals surface area contributed by atoms with Crippen LogP contribution in [0.2, 0.25) is 0 Å². The fraction of sp³-hybridized carbons (Fsp3) is 0.200. The third-order valence-electron chi connectivity index (χ3n) is 0.686. The van der Waals surface area contributed by atoms with Gasteiger partial charge in [-0.3, -0.25) is 14.2 Å². The minimum absolute atomic E-state index is 0.381. The standard InChI is InChI=1S/C4H4N2O2.CH3F/c7-3-1-2-5-4(8)6-3;1-2/h1-2H,(H2,5,6,7,8);1H3. The van der Waals surface area contributed by atoms with Crippen LogP contribution in [0.1, 0.15) is 0 Å². The van der Waals surface area contributed by atoms with Crippen molar-refractivity contribution in [2.45, 2.75) is 0 Å². The predicted octanol–water partition coefficient (Wildman–Crippen LogP) is -0.351. The third-order valence-corrected chi connectivity index (χ3v) is 0.686. The molecule has 0 fully saturated rings. The summed E-state index contributed by atoms with van der Waals surface area (Å²) in [6.07, 6.45) is 1.29. The summed E-state index contributed by atoms with van der Waals surface area (Å²) < 4.78 is 9.50. The number of alkyl halides is 1. The lowest BCUT2D eigenvalue weighted by atomic mass is 10.7. The van der Waals surface area contributed by atoms with Crippen LogP contribution in [0.4, 0.5) is 4.39 Å². The quantitative estimate of drug-likeness (QED) is 0.525. The van der Waals surface area contributed by atoms with Gasteiger partial charge < -0.3 is 4.98 Å². The second-order valence-electron chi connectivity index (χ2n) is 1.30. The highest BCUT2D eigenvalue weighted by Crippen LogP contribution is 1.51. The smallest absolute Gasteiger partial charge is 0.314 e. The molecule has 0 bridgehead atoms. The Morgan fingerprint density at radius 1 is 1.40 bits per heavy atom. The maximum Gasteiger partial charge on any atom is 0.325 e. The van der Waals surface area contributed by atoms with E-state index in [0.29, 0.717) is 7.18 Å². The lowest BCUT2D eigenvalue weighted by Crippen LogP contribution is -2.19. The first-order chi connectivity index (χ1) is 4.79. The van der Waals surface area contributed by atoms with Crippen molar-refractivity contribution in [2.24, 2.45) is 0 Å². The van der Waals surface area contributed by atoms with Gasteiger partial charge in [0.25, 0.3) is 5.56 Å². The molecule has 0 aromatic carbocycles. The zero-order valence-electron chi connectivity index (χ0n) is 5.35. The van der Waals surface area contributed by atoms with Crippen LogP contribution in [0.25, 0.3) is 0 Å². The van der Waals surface area contributed by atoms with E-state index in [4.69, 9.17) is 0 Å². The van der Waals surface area contributed by atoms with Gasteiger partial charge in [0.2, 0.25) is 0 Å². The normalized spacial score (nSPS) is 7.80. The fourth-order valence-electron chi connectivity index (χ4n) is 0.383. The van der Waals surface area contributed by atoms with Gasteiger partial charge in [0.15, 0.2) is 0 Å². The molecule has 0 unspecified atom stereocenters. The summed E-state index contributed by atoms with van der Waals surface area (Å²) in [5.74, 6) is 0. The topological polar surface area (TPSA) is 65.7 Å². The first-order valence-corrected chi connectivity index (χ1v) is 2.45. The molecule has 1 aromatic heterocycles. The molecule has 0 aliphatic carbocycles. The molecule has 5 heteroatoms. The summed E-state index contributed by atoms with van der Waals surface area (Å²) in [5, 5.41) is 0. The average molecular weight is 146 g/mol. The number of rotatable bonds is 0. The van der Waals surface area contributed by atoms with Crippen LogP contribution >= 0.6 is 0 Å². The van der Waals surface area contributed by atoms with E-state index >= 15 is 0 Å².